The van der Waals surface area contributed by atoms with Crippen molar-refractivity contribution in [2.45, 2.75) is 12.5 Å². The van der Waals surface area contributed by atoms with E-state index in [2.05, 4.69) is 4.74 Å². The minimum atomic E-state index is -4.49. The van der Waals surface area contributed by atoms with Gasteiger partial charge < -0.3 is 10.5 Å². The summed E-state index contributed by atoms with van der Waals surface area (Å²) in [5.74, 6) is -0.393. The van der Waals surface area contributed by atoms with E-state index in [0.717, 1.165) is 12.1 Å². The van der Waals surface area contributed by atoms with Gasteiger partial charge in [-0.25, -0.2) is 0 Å². The van der Waals surface area contributed by atoms with E-state index >= 15 is 0 Å². The van der Waals surface area contributed by atoms with Gasteiger partial charge in [-0.05, 0) is 12.1 Å². The van der Waals surface area contributed by atoms with Crippen molar-refractivity contribution in [1.29, 1.82) is 0 Å². The van der Waals surface area contributed by atoms with E-state index in [0.29, 0.717) is 0 Å². The number of nitrogens with two attached hydrogens (primary N) is 1. The Labute approximate surface area is 77.3 Å². The fourth-order valence-electron chi connectivity index (χ4n) is 0.780. The van der Waals surface area contributed by atoms with Crippen LogP contribution in [0, 0.1) is 0 Å². The molecule has 0 saturated carbocycles. The second kappa shape index (κ2) is 3.73. The van der Waals surface area contributed by atoms with Crippen molar-refractivity contribution in [2.24, 2.45) is 0 Å². The summed E-state index contributed by atoms with van der Waals surface area (Å²) in [6.07, 6.45) is -8.36. The highest BCUT2D eigenvalue weighted by Gasteiger charge is 2.43. The molecular weight excluding hydrogens is 202 g/mol. The molecule has 0 fully saturated rings. The van der Waals surface area contributed by atoms with Gasteiger partial charge in [-0.1, -0.05) is 6.07 Å². The minimum Gasteiger partial charge on any atom is -0.428 e. The Balaban J connectivity index is 2.78. The van der Waals surface area contributed by atoms with E-state index in [9.17, 15) is 17.6 Å². The first-order valence-electron chi connectivity index (χ1n) is 3.62. The Hall–Kier alpha value is -1.46. The molecule has 14 heavy (non-hydrogen) atoms. The molecule has 0 aliphatic rings. The third-order valence-electron chi connectivity index (χ3n) is 1.37. The number of hydrogen-bond donors (Lipinski definition) is 1. The summed E-state index contributed by atoms with van der Waals surface area (Å²) < 4.78 is 51.9. The number of anilines is 1. The molecule has 0 aliphatic heterocycles. The number of halogens is 4. The van der Waals surface area contributed by atoms with Gasteiger partial charge in [0.05, 0.1) is 0 Å². The Morgan fingerprint density at radius 2 is 1.93 bits per heavy atom. The highest BCUT2D eigenvalue weighted by Crippen LogP contribution is 2.28. The summed E-state index contributed by atoms with van der Waals surface area (Å²) in [5.41, 5.74) is 5.40. The van der Waals surface area contributed by atoms with E-state index < -0.39 is 18.3 Å². The summed E-state index contributed by atoms with van der Waals surface area (Å²) in [6.45, 7) is 0. The predicted octanol–water partition coefficient (Wildman–Crippen LogP) is 2.51. The van der Waals surface area contributed by atoms with Crippen LogP contribution in [0.25, 0.3) is 0 Å². The third-order valence-corrected chi connectivity index (χ3v) is 1.37. The van der Waals surface area contributed by atoms with E-state index in [-0.39, 0.29) is 5.69 Å². The summed E-state index contributed by atoms with van der Waals surface area (Å²) in [5, 5.41) is 0. The normalized spacial score (nSPS) is 11.8. The number of benzene rings is 1. The molecular formula is C8H7F4NO. The molecule has 0 aliphatic carbocycles. The monoisotopic (exact) mass is 209 g/mol. The largest absolute Gasteiger partial charge is 0.461 e. The fraction of sp³-hybridized carbons (Fsp3) is 0.250. The number of rotatable bonds is 3. The van der Waals surface area contributed by atoms with E-state index in [1.807, 2.05) is 0 Å². The Bertz CT molecular complexity index is 316. The Morgan fingerprint density at radius 3 is 2.43 bits per heavy atom. The summed E-state index contributed by atoms with van der Waals surface area (Å²) in [7, 11) is 0. The van der Waals surface area contributed by atoms with Gasteiger partial charge in [0.2, 0.25) is 0 Å². The third kappa shape index (κ3) is 2.51. The molecule has 0 bridgehead atoms. The summed E-state index contributed by atoms with van der Waals surface area (Å²) in [4.78, 5) is 0. The first-order valence-corrected chi connectivity index (χ1v) is 3.62. The number of alkyl halides is 4. The van der Waals surface area contributed by atoms with E-state index in [1.165, 1.54) is 12.1 Å². The summed E-state index contributed by atoms with van der Waals surface area (Å²) >= 11 is 0. The molecule has 2 N–H and O–H groups in total. The van der Waals surface area contributed by atoms with E-state index in [1.54, 1.807) is 0 Å². The highest BCUT2D eigenvalue weighted by atomic mass is 19.3. The molecule has 0 saturated heterocycles. The van der Waals surface area contributed by atoms with Gasteiger partial charge in [0.15, 0.2) is 0 Å². The van der Waals surface area contributed by atoms with Gasteiger partial charge >= 0.3 is 12.5 Å². The first-order chi connectivity index (χ1) is 6.42. The van der Waals surface area contributed by atoms with Crippen molar-refractivity contribution in [3.63, 3.8) is 0 Å². The zero-order valence-corrected chi connectivity index (χ0v) is 6.88. The molecule has 1 aromatic rings. The van der Waals surface area contributed by atoms with Crippen LogP contribution in [0.15, 0.2) is 24.3 Å². The fourth-order valence-corrected chi connectivity index (χ4v) is 0.780. The van der Waals surface area contributed by atoms with Crippen LogP contribution in [0.5, 0.6) is 5.75 Å². The molecule has 0 aromatic heterocycles. The highest BCUT2D eigenvalue weighted by molar-refractivity contribution is 5.43. The predicted molar refractivity (Wildman–Crippen MR) is 42.4 cm³/mol. The second-order valence-electron chi connectivity index (χ2n) is 2.54. The molecule has 0 atom stereocenters. The second-order valence-corrected chi connectivity index (χ2v) is 2.54. The molecule has 0 spiro atoms. The maximum atomic E-state index is 12.4. The molecule has 0 radical (unpaired) electrons. The van der Waals surface area contributed by atoms with E-state index in [4.69, 9.17) is 5.73 Å². The van der Waals surface area contributed by atoms with Crippen LogP contribution in [0.3, 0.4) is 0 Å². The smallest absolute Gasteiger partial charge is 0.428 e. The van der Waals surface area contributed by atoms with Gasteiger partial charge in [-0.2, -0.15) is 17.6 Å². The van der Waals surface area contributed by atoms with Crippen LogP contribution in [0.1, 0.15) is 0 Å². The zero-order valence-electron chi connectivity index (χ0n) is 6.88. The lowest BCUT2D eigenvalue weighted by atomic mass is 10.3. The first kappa shape index (κ1) is 10.6. The van der Waals surface area contributed by atoms with Gasteiger partial charge in [-0.15, -0.1) is 0 Å². The number of nitrogen functional groups attached to an aromatic ring is 1. The Kier molecular flexibility index (Phi) is 2.83. The molecule has 0 amide bonds. The Morgan fingerprint density at radius 1 is 1.29 bits per heavy atom. The lowest BCUT2D eigenvalue weighted by molar-refractivity contribution is -0.253. The van der Waals surface area contributed by atoms with Gasteiger partial charge in [0.1, 0.15) is 5.75 Å². The average Bonchev–Trinajstić information content (AvgIpc) is 2.02. The van der Waals surface area contributed by atoms with Gasteiger partial charge in [0.25, 0.3) is 0 Å². The maximum Gasteiger partial charge on any atom is 0.461 e. The maximum absolute atomic E-state index is 12.4. The van der Waals surface area contributed by atoms with Crippen molar-refractivity contribution in [3.8, 4) is 5.75 Å². The average molecular weight is 209 g/mol. The van der Waals surface area contributed by atoms with Crippen LogP contribution >= 0.6 is 0 Å². The van der Waals surface area contributed by atoms with Crippen molar-refractivity contribution in [1.82, 2.24) is 0 Å². The molecule has 1 rings (SSSR count). The van der Waals surface area contributed by atoms with Crippen LogP contribution < -0.4 is 10.5 Å². The SMILES string of the molecule is Nc1cccc(OC(F)(F)C(F)F)c1. The molecule has 1 aromatic carbocycles. The number of hydrogen-bond acceptors (Lipinski definition) is 2. The minimum absolute atomic E-state index is 0.160. The van der Waals surface area contributed by atoms with Crippen LogP contribution in [0.4, 0.5) is 23.2 Å². The molecule has 6 heteroatoms. The van der Waals surface area contributed by atoms with Crippen molar-refractivity contribution < 1.29 is 22.3 Å². The molecule has 0 unspecified atom stereocenters. The zero-order chi connectivity index (χ0) is 10.8. The van der Waals surface area contributed by atoms with Crippen molar-refractivity contribution >= 4 is 5.69 Å². The van der Waals surface area contributed by atoms with Gasteiger partial charge in [-0.3, -0.25) is 0 Å². The molecule has 2 nitrogen and oxygen atoms in total. The van der Waals surface area contributed by atoms with Crippen LogP contribution in [-0.2, 0) is 0 Å². The molecule has 78 valence electrons. The topological polar surface area (TPSA) is 35.2 Å². The standard InChI is InChI=1S/C8H7F4NO/c9-7(10)8(11,12)14-6-3-1-2-5(13)4-6/h1-4,7H,13H2. The van der Waals surface area contributed by atoms with Crippen LogP contribution in [0.2, 0.25) is 0 Å². The molecule has 0 heterocycles. The van der Waals surface area contributed by atoms with Gasteiger partial charge in [0, 0.05) is 11.8 Å². The van der Waals surface area contributed by atoms with Crippen molar-refractivity contribution in [2.75, 3.05) is 5.73 Å². The summed E-state index contributed by atoms with van der Waals surface area (Å²) in [6, 6.07) is 4.91. The van der Waals surface area contributed by atoms with Crippen molar-refractivity contribution in [3.05, 3.63) is 24.3 Å². The lowest BCUT2D eigenvalue weighted by Gasteiger charge is -2.16. The van der Waals surface area contributed by atoms with Crippen LogP contribution in [-0.4, -0.2) is 12.5 Å². The number of ether oxygens (including phenoxy) is 1. The quantitative estimate of drug-likeness (QED) is 0.613. The lowest BCUT2D eigenvalue weighted by Crippen LogP contribution is -2.33.